The van der Waals surface area contributed by atoms with E-state index in [1.165, 1.54) is 24.1 Å². The predicted molar refractivity (Wildman–Crippen MR) is 67.5 cm³/mol. The summed E-state index contributed by atoms with van der Waals surface area (Å²) in [5, 5.41) is 1.10. The Labute approximate surface area is 95.5 Å². The van der Waals surface area contributed by atoms with Crippen molar-refractivity contribution in [1.29, 1.82) is 0 Å². The summed E-state index contributed by atoms with van der Waals surface area (Å²) in [5.74, 6) is 0.664. The standard InChI is InChI=1S/C14H16N2/c1-2-9-3-6-13-11(7-9)12(15)8-14(16-13)10-4-5-10/h3,6-8,10H,2,4-5H2,1H3,(H2,15,16). The number of pyridine rings is 1. The highest BCUT2D eigenvalue weighted by Crippen LogP contribution is 2.40. The molecular weight excluding hydrogens is 196 g/mol. The maximum atomic E-state index is 6.11. The zero-order valence-corrected chi connectivity index (χ0v) is 9.53. The molecule has 1 aromatic heterocycles. The van der Waals surface area contributed by atoms with Crippen LogP contribution in [0.3, 0.4) is 0 Å². The van der Waals surface area contributed by atoms with Crippen molar-refractivity contribution in [1.82, 2.24) is 4.98 Å². The smallest absolute Gasteiger partial charge is 0.0726 e. The van der Waals surface area contributed by atoms with Crippen LogP contribution in [0, 0.1) is 0 Å². The zero-order chi connectivity index (χ0) is 11.1. The van der Waals surface area contributed by atoms with E-state index in [-0.39, 0.29) is 0 Å². The molecule has 2 aromatic rings. The van der Waals surface area contributed by atoms with E-state index < -0.39 is 0 Å². The van der Waals surface area contributed by atoms with Gasteiger partial charge in [0.25, 0.3) is 0 Å². The number of nitrogens with two attached hydrogens (primary N) is 1. The molecule has 2 heteroatoms. The number of nitrogens with zero attached hydrogens (tertiary/aromatic N) is 1. The third-order valence-corrected chi connectivity index (χ3v) is 3.33. The van der Waals surface area contributed by atoms with Gasteiger partial charge < -0.3 is 5.73 Å². The molecule has 0 amide bonds. The van der Waals surface area contributed by atoms with Gasteiger partial charge in [-0.3, -0.25) is 4.98 Å². The minimum Gasteiger partial charge on any atom is -0.398 e. The van der Waals surface area contributed by atoms with E-state index in [2.05, 4.69) is 31.2 Å². The maximum Gasteiger partial charge on any atom is 0.0726 e. The average molecular weight is 212 g/mol. The van der Waals surface area contributed by atoms with E-state index in [0.29, 0.717) is 5.92 Å². The lowest BCUT2D eigenvalue weighted by Crippen LogP contribution is -1.95. The Morgan fingerprint density at radius 1 is 1.31 bits per heavy atom. The largest absolute Gasteiger partial charge is 0.398 e. The van der Waals surface area contributed by atoms with E-state index in [4.69, 9.17) is 10.7 Å². The first-order chi connectivity index (χ1) is 7.78. The van der Waals surface area contributed by atoms with Crippen molar-refractivity contribution < 1.29 is 0 Å². The number of hydrogen-bond donors (Lipinski definition) is 1. The highest BCUT2D eigenvalue weighted by Gasteiger charge is 2.25. The predicted octanol–water partition coefficient (Wildman–Crippen LogP) is 3.26. The van der Waals surface area contributed by atoms with Crippen LogP contribution in [0.2, 0.25) is 0 Å². The van der Waals surface area contributed by atoms with E-state index in [1.807, 2.05) is 0 Å². The molecule has 0 spiro atoms. The first kappa shape index (κ1) is 9.64. The van der Waals surface area contributed by atoms with Crippen LogP contribution in [0.4, 0.5) is 5.69 Å². The quantitative estimate of drug-likeness (QED) is 0.829. The number of fused-ring (bicyclic) bond motifs is 1. The van der Waals surface area contributed by atoms with Gasteiger partial charge >= 0.3 is 0 Å². The molecule has 1 saturated carbocycles. The Bertz CT molecular complexity index is 542. The second-order valence-electron chi connectivity index (χ2n) is 4.62. The average Bonchev–Trinajstić information content (AvgIpc) is 3.12. The van der Waals surface area contributed by atoms with Crippen LogP contribution in [0.1, 0.15) is 36.9 Å². The molecule has 16 heavy (non-hydrogen) atoms. The van der Waals surface area contributed by atoms with Gasteiger partial charge in [-0.25, -0.2) is 0 Å². The number of rotatable bonds is 2. The van der Waals surface area contributed by atoms with Crippen molar-refractivity contribution in [2.24, 2.45) is 0 Å². The van der Waals surface area contributed by atoms with Gasteiger partial charge in [0, 0.05) is 22.7 Å². The summed E-state index contributed by atoms with van der Waals surface area (Å²) >= 11 is 0. The fourth-order valence-electron chi connectivity index (χ4n) is 2.13. The van der Waals surface area contributed by atoms with Crippen LogP contribution >= 0.6 is 0 Å². The summed E-state index contributed by atoms with van der Waals surface area (Å²) in [7, 11) is 0. The van der Waals surface area contributed by atoms with E-state index in [0.717, 1.165) is 23.0 Å². The summed E-state index contributed by atoms with van der Waals surface area (Å²) in [6.45, 7) is 2.16. The first-order valence-electron chi connectivity index (χ1n) is 5.97. The van der Waals surface area contributed by atoms with Crippen molar-refractivity contribution >= 4 is 16.6 Å². The SMILES string of the molecule is CCc1ccc2nc(C3CC3)cc(N)c2c1. The summed E-state index contributed by atoms with van der Waals surface area (Å²) in [6, 6.07) is 8.45. The molecule has 0 aliphatic heterocycles. The van der Waals surface area contributed by atoms with Gasteiger partial charge in [0.2, 0.25) is 0 Å². The Morgan fingerprint density at radius 3 is 2.81 bits per heavy atom. The summed E-state index contributed by atoms with van der Waals surface area (Å²) in [5.41, 5.74) is 10.5. The molecular formula is C14H16N2. The topological polar surface area (TPSA) is 38.9 Å². The molecule has 2 nitrogen and oxygen atoms in total. The monoisotopic (exact) mass is 212 g/mol. The number of benzene rings is 1. The normalized spacial score (nSPS) is 15.6. The summed E-state index contributed by atoms with van der Waals surface area (Å²) in [6.07, 6.45) is 3.58. The molecule has 0 unspecified atom stereocenters. The fraction of sp³-hybridized carbons (Fsp3) is 0.357. The highest BCUT2D eigenvalue weighted by molar-refractivity contribution is 5.90. The van der Waals surface area contributed by atoms with Gasteiger partial charge in [0.05, 0.1) is 5.52 Å². The van der Waals surface area contributed by atoms with Crippen molar-refractivity contribution in [2.45, 2.75) is 32.1 Å². The van der Waals surface area contributed by atoms with Crippen LogP contribution in [-0.4, -0.2) is 4.98 Å². The lowest BCUT2D eigenvalue weighted by Gasteiger charge is -2.07. The van der Waals surface area contributed by atoms with Gasteiger partial charge in [-0.1, -0.05) is 13.0 Å². The van der Waals surface area contributed by atoms with Crippen LogP contribution in [0.15, 0.2) is 24.3 Å². The Balaban J connectivity index is 2.19. The van der Waals surface area contributed by atoms with Crippen molar-refractivity contribution in [3.63, 3.8) is 0 Å². The minimum atomic E-state index is 0.664. The molecule has 1 fully saturated rings. The maximum absolute atomic E-state index is 6.11. The molecule has 0 atom stereocenters. The Hall–Kier alpha value is -1.57. The molecule has 0 radical (unpaired) electrons. The Kier molecular flexibility index (Phi) is 2.10. The molecule has 0 saturated heterocycles. The van der Waals surface area contributed by atoms with Crippen molar-refractivity contribution in [2.75, 3.05) is 5.73 Å². The number of aromatic nitrogens is 1. The molecule has 82 valence electrons. The molecule has 0 bridgehead atoms. The van der Waals surface area contributed by atoms with Crippen LogP contribution in [0.5, 0.6) is 0 Å². The number of hydrogen-bond acceptors (Lipinski definition) is 2. The van der Waals surface area contributed by atoms with E-state index in [9.17, 15) is 0 Å². The third kappa shape index (κ3) is 1.54. The molecule has 3 rings (SSSR count). The van der Waals surface area contributed by atoms with Crippen LogP contribution in [-0.2, 0) is 6.42 Å². The fourth-order valence-corrected chi connectivity index (χ4v) is 2.13. The van der Waals surface area contributed by atoms with Crippen molar-refractivity contribution in [3.8, 4) is 0 Å². The van der Waals surface area contributed by atoms with Gasteiger partial charge in [-0.05, 0) is 43.0 Å². The zero-order valence-electron chi connectivity index (χ0n) is 9.53. The molecule has 2 N–H and O–H groups in total. The second kappa shape index (κ2) is 3.48. The van der Waals surface area contributed by atoms with E-state index in [1.54, 1.807) is 0 Å². The lowest BCUT2D eigenvalue weighted by atomic mass is 10.1. The summed E-state index contributed by atoms with van der Waals surface area (Å²) in [4.78, 5) is 4.69. The first-order valence-corrected chi connectivity index (χ1v) is 5.97. The van der Waals surface area contributed by atoms with Gasteiger partial charge in [0.15, 0.2) is 0 Å². The van der Waals surface area contributed by atoms with Gasteiger partial charge in [-0.15, -0.1) is 0 Å². The third-order valence-electron chi connectivity index (χ3n) is 3.33. The molecule has 1 aliphatic rings. The second-order valence-corrected chi connectivity index (χ2v) is 4.62. The molecule has 1 aromatic carbocycles. The van der Waals surface area contributed by atoms with Gasteiger partial charge in [0.1, 0.15) is 0 Å². The Morgan fingerprint density at radius 2 is 2.12 bits per heavy atom. The van der Waals surface area contributed by atoms with Gasteiger partial charge in [-0.2, -0.15) is 0 Å². The molecule has 1 heterocycles. The van der Waals surface area contributed by atoms with Crippen LogP contribution < -0.4 is 5.73 Å². The molecule has 1 aliphatic carbocycles. The van der Waals surface area contributed by atoms with Crippen molar-refractivity contribution in [3.05, 3.63) is 35.5 Å². The summed E-state index contributed by atoms with van der Waals surface area (Å²) < 4.78 is 0. The number of nitrogen functional groups attached to an aromatic ring is 1. The minimum absolute atomic E-state index is 0.664. The number of anilines is 1. The highest BCUT2D eigenvalue weighted by atomic mass is 14.7. The lowest BCUT2D eigenvalue weighted by molar-refractivity contribution is 1.04. The number of aryl methyl sites for hydroxylation is 1. The van der Waals surface area contributed by atoms with Crippen LogP contribution in [0.25, 0.3) is 10.9 Å². The van der Waals surface area contributed by atoms with E-state index >= 15 is 0 Å².